The maximum atomic E-state index is 12.5. The Hall–Kier alpha value is -0.210. The van der Waals surface area contributed by atoms with Crippen LogP contribution in [0.1, 0.15) is 13.3 Å². The van der Waals surface area contributed by atoms with E-state index in [0.29, 0.717) is 13.0 Å². The molecule has 0 atom stereocenters. The van der Waals surface area contributed by atoms with E-state index in [-0.39, 0.29) is 21.5 Å². The van der Waals surface area contributed by atoms with Crippen molar-refractivity contribution in [3.05, 3.63) is 27.7 Å². The van der Waals surface area contributed by atoms with Gasteiger partial charge in [0.2, 0.25) is 10.0 Å². The van der Waals surface area contributed by atoms with E-state index in [4.69, 9.17) is 29.6 Å². The minimum absolute atomic E-state index is 0.0853. The van der Waals surface area contributed by atoms with Gasteiger partial charge in [-0.3, -0.25) is 0 Å². The number of rotatable bonds is 6. The molecule has 19 heavy (non-hydrogen) atoms. The second kappa shape index (κ2) is 6.99. The molecule has 0 spiro atoms. The molecule has 0 aliphatic rings. The van der Waals surface area contributed by atoms with Crippen LogP contribution in [-0.4, -0.2) is 30.8 Å². The highest BCUT2D eigenvalue weighted by Crippen LogP contribution is 2.27. The summed E-state index contributed by atoms with van der Waals surface area (Å²) in [6, 6.07) is 4.67. The molecule has 0 amide bonds. The highest BCUT2D eigenvalue weighted by molar-refractivity contribution is 9.10. The Morgan fingerprint density at radius 2 is 2.16 bits per heavy atom. The number of hydrogen-bond acceptors (Lipinski definition) is 3. The fourth-order valence-corrected chi connectivity index (χ4v) is 4.06. The first kappa shape index (κ1) is 16.8. The van der Waals surface area contributed by atoms with E-state index < -0.39 is 10.0 Å². The number of halogens is 2. The minimum Gasteiger partial charge on any atom is -0.393 e. The van der Waals surface area contributed by atoms with E-state index in [2.05, 4.69) is 15.9 Å². The molecule has 0 saturated heterocycles. The SMILES string of the molecule is CCN(CCC(N)=S)S(=O)(=O)c1ccc(Br)cc1Cl. The summed E-state index contributed by atoms with van der Waals surface area (Å²) in [4.78, 5) is 0.373. The third-order valence-corrected chi connectivity index (χ3v) is 5.63. The van der Waals surface area contributed by atoms with Crippen molar-refractivity contribution in [3.63, 3.8) is 0 Å². The zero-order valence-electron chi connectivity index (χ0n) is 10.3. The molecular formula is C11H14BrClN2O2S2. The van der Waals surface area contributed by atoms with E-state index in [1.54, 1.807) is 19.1 Å². The molecular weight excluding hydrogens is 372 g/mol. The van der Waals surface area contributed by atoms with Crippen LogP contribution in [0.15, 0.2) is 27.6 Å². The van der Waals surface area contributed by atoms with Crippen molar-refractivity contribution in [2.24, 2.45) is 5.73 Å². The van der Waals surface area contributed by atoms with E-state index in [0.717, 1.165) is 4.47 Å². The Balaban J connectivity index is 3.09. The molecule has 2 N–H and O–H groups in total. The van der Waals surface area contributed by atoms with Crippen LogP contribution in [0.4, 0.5) is 0 Å². The smallest absolute Gasteiger partial charge is 0.244 e. The normalized spacial score (nSPS) is 11.8. The largest absolute Gasteiger partial charge is 0.393 e. The predicted molar refractivity (Wildman–Crippen MR) is 85.0 cm³/mol. The van der Waals surface area contributed by atoms with Crippen LogP contribution in [-0.2, 0) is 10.0 Å². The zero-order valence-corrected chi connectivity index (χ0v) is 14.2. The van der Waals surface area contributed by atoms with Gasteiger partial charge in [0.15, 0.2) is 0 Å². The Kier molecular flexibility index (Phi) is 6.19. The van der Waals surface area contributed by atoms with Gasteiger partial charge in [-0.2, -0.15) is 4.31 Å². The molecule has 0 unspecified atom stereocenters. The number of benzene rings is 1. The number of nitrogens with zero attached hydrogens (tertiary/aromatic N) is 1. The van der Waals surface area contributed by atoms with Gasteiger partial charge in [-0.25, -0.2) is 8.42 Å². The molecule has 0 aliphatic carbocycles. The van der Waals surface area contributed by atoms with Crippen molar-refractivity contribution >= 4 is 54.8 Å². The first-order valence-corrected chi connectivity index (χ1v) is 8.54. The molecule has 0 aromatic heterocycles. The van der Waals surface area contributed by atoms with Crippen LogP contribution in [0, 0.1) is 0 Å². The van der Waals surface area contributed by atoms with Gasteiger partial charge in [-0.15, -0.1) is 0 Å². The lowest BCUT2D eigenvalue weighted by Crippen LogP contribution is -2.33. The Labute approximate surface area is 132 Å². The highest BCUT2D eigenvalue weighted by atomic mass is 79.9. The van der Waals surface area contributed by atoms with Crippen molar-refractivity contribution in [1.82, 2.24) is 4.31 Å². The zero-order chi connectivity index (χ0) is 14.6. The second-order valence-corrected chi connectivity index (χ2v) is 7.54. The average Bonchev–Trinajstić information content (AvgIpc) is 2.28. The molecule has 4 nitrogen and oxygen atoms in total. The lowest BCUT2D eigenvalue weighted by Gasteiger charge is -2.20. The molecule has 0 heterocycles. The molecule has 1 rings (SSSR count). The third-order valence-electron chi connectivity index (χ3n) is 2.47. The summed E-state index contributed by atoms with van der Waals surface area (Å²) in [5, 5.41) is 0.183. The molecule has 106 valence electrons. The van der Waals surface area contributed by atoms with Gasteiger partial charge >= 0.3 is 0 Å². The summed E-state index contributed by atoms with van der Waals surface area (Å²) < 4.78 is 26.9. The third kappa shape index (κ3) is 4.39. The van der Waals surface area contributed by atoms with E-state index >= 15 is 0 Å². The Morgan fingerprint density at radius 1 is 1.53 bits per heavy atom. The molecule has 8 heteroatoms. The quantitative estimate of drug-likeness (QED) is 0.765. The van der Waals surface area contributed by atoms with Crippen molar-refractivity contribution < 1.29 is 8.42 Å². The van der Waals surface area contributed by atoms with Crippen molar-refractivity contribution in [1.29, 1.82) is 0 Å². The molecule has 1 aromatic carbocycles. The Morgan fingerprint density at radius 3 is 2.63 bits per heavy atom. The topological polar surface area (TPSA) is 63.4 Å². The van der Waals surface area contributed by atoms with Gasteiger partial charge < -0.3 is 5.73 Å². The molecule has 0 bridgehead atoms. The van der Waals surface area contributed by atoms with Crippen LogP contribution in [0.2, 0.25) is 5.02 Å². The monoisotopic (exact) mass is 384 g/mol. The van der Waals surface area contributed by atoms with Crippen molar-refractivity contribution in [2.75, 3.05) is 13.1 Å². The Bertz CT molecular complexity index is 578. The summed E-state index contributed by atoms with van der Waals surface area (Å²) in [5.74, 6) is 0. The minimum atomic E-state index is -3.63. The average molecular weight is 386 g/mol. The van der Waals surface area contributed by atoms with E-state index in [1.165, 1.54) is 10.4 Å². The predicted octanol–water partition coefficient (Wildman–Crippen LogP) is 2.79. The molecule has 0 fully saturated rings. The lowest BCUT2D eigenvalue weighted by atomic mass is 10.4. The number of nitrogens with two attached hydrogens (primary N) is 1. The second-order valence-electron chi connectivity index (χ2n) is 3.79. The van der Waals surface area contributed by atoms with Gasteiger partial charge in [-0.1, -0.05) is 46.7 Å². The number of thiocarbonyl (C=S) groups is 1. The summed E-state index contributed by atoms with van der Waals surface area (Å²) in [7, 11) is -3.63. The van der Waals surface area contributed by atoms with Gasteiger partial charge in [0, 0.05) is 24.0 Å². The molecule has 1 aromatic rings. The molecule has 0 saturated carbocycles. The summed E-state index contributed by atoms with van der Waals surface area (Å²) in [6.45, 7) is 2.34. The van der Waals surface area contributed by atoms with Crippen LogP contribution in [0.3, 0.4) is 0 Å². The number of sulfonamides is 1. The van der Waals surface area contributed by atoms with Crippen molar-refractivity contribution in [3.8, 4) is 0 Å². The fraction of sp³-hybridized carbons (Fsp3) is 0.364. The van der Waals surface area contributed by atoms with Crippen LogP contribution in [0.5, 0.6) is 0 Å². The summed E-state index contributed by atoms with van der Waals surface area (Å²) in [5.41, 5.74) is 5.40. The van der Waals surface area contributed by atoms with Gasteiger partial charge in [-0.05, 0) is 18.2 Å². The van der Waals surface area contributed by atoms with Crippen LogP contribution >= 0.6 is 39.7 Å². The van der Waals surface area contributed by atoms with Gasteiger partial charge in [0.1, 0.15) is 4.90 Å². The fourth-order valence-electron chi connectivity index (χ4n) is 1.51. The van der Waals surface area contributed by atoms with Crippen LogP contribution < -0.4 is 5.73 Å². The first-order chi connectivity index (χ1) is 8.78. The van der Waals surface area contributed by atoms with Gasteiger partial charge in [0.25, 0.3) is 0 Å². The highest BCUT2D eigenvalue weighted by Gasteiger charge is 2.25. The van der Waals surface area contributed by atoms with Crippen LogP contribution in [0.25, 0.3) is 0 Å². The molecule has 0 radical (unpaired) electrons. The molecule has 0 aliphatic heterocycles. The lowest BCUT2D eigenvalue weighted by molar-refractivity contribution is 0.437. The van der Waals surface area contributed by atoms with Gasteiger partial charge in [0.05, 0.1) is 10.0 Å². The van der Waals surface area contributed by atoms with E-state index in [1.807, 2.05) is 0 Å². The van der Waals surface area contributed by atoms with Crippen molar-refractivity contribution in [2.45, 2.75) is 18.2 Å². The maximum Gasteiger partial charge on any atom is 0.244 e. The summed E-state index contributed by atoms with van der Waals surface area (Å²) >= 11 is 14.0. The maximum absolute atomic E-state index is 12.5. The number of hydrogen-bond donors (Lipinski definition) is 1. The standard InChI is InChI=1S/C11H14BrClN2O2S2/c1-2-15(6-5-11(14)18)19(16,17)10-4-3-8(12)7-9(10)13/h3-4,7H,2,5-6H2,1H3,(H2,14,18). The summed E-state index contributed by atoms with van der Waals surface area (Å²) in [6.07, 6.45) is 0.344. The van der Waals surface area contributed by atoms with E-state index in [9.17, 15) is 8.42 Å². The first-order valence-electron chi connectivity index (χ1n) is 5.52.